The zero-order chi connectivity index (χ0) is 9.40. The van der Waals surface area contributed by atoms with E-state index in [2.05, 4.69) is 32.6 Å². The van der Waals surface area contributed by atoms with Crippen molar-refractivity contribution in [3.05, 3.63) is 36.0 Å². The summed E-state index contributed by atoms with van der Waals surface area (Å²) < 4.78 is 0. The van der Waals surface area contributed by atoms with E-state index in [0.717, 1.165) is 6.42 Å². The molecular weight excluding hydrogens is 144 g/mol. The molecule has 0 fully saturated rings. The molecule has 0 amide bonds. The first-order chi connectivity index (χ1) is 5.74. The van der Waals surface area contributed by atoms with E-state index in [0.29, 0.717) is 0 Å². The van der Waals surface area contributed by atoms with Crippen molar-refractivity contribution < 1.29 is 0 Å². The van der Waals surface area contributed by atoms with Crippen molar-refractivity contribution >= 4 is 0 Å². The van der Waals surface area contributed by atoms with Crippen LogP contribution >= 0.6 is 0 Å². The van der Waals surface area contributed by atoms with Crippen LogP contribution in [-0.4, -0.2) is 0 Å². The molecule has 68 valence electrons. The standard InChI is InChI=1S/C12H20/c1-5-8-11(4)9-10-12(6-2)7-3/h5,8,10H,4,6-7,9H2,1-3H3/b8-5-. The van der Waals surface area contributed by atoms with Gasteiger partial charge in [0.1, 0.15) is 0 Å². The van der Waals surface area contributed by atoms with E-state index in [-0.39, 0.29) is 0 Å². The molecule has 0 heterocycles. The van der Waals surface area contributed by atoms with Gasteiger partial charge in [0.25, 0.3) is 0 Å². The van der Waals surface area contributed by atoms with E-state index >= 15 is 0 Å². The molecule has 12 heavy (non-hydrogen) atoms. The van der Waals surface area contributed by atoms with Gasteiger partial charge in [-0.1, -0.05) is 49.8 Å². The lowest BCUT2D eigenvalue weighted by Gasteiger charge is -1.99. The summed E-state index contributed by atoms with van der Waals surface area (Å²) in [5.74, 6) is 0. The highest BCUT2D eigenvalue weighted by Gasteiger charge is 1.89. The third-order valence-electron chi connectivity index (χ3n) is 1.96. The SMILES string of the molecule is C=C(/C=C\C)CC=C(CC)CC. The normalized spacial score (nSPS) is 10.2. The second kappa shape index (κ2) is 6.90. The van der Waals surface area contributed by atoms with Crippen LogP contribution in [0.5, 0.6) is 0 Å². The van der Waals surface area contributed by atoms with E-state index in [4.69, 9.17) is 0 Å². The molecule has 0 aliphatic heterocycles. The van der Waals surface area contributed by atoms with Gasteiger partial charge >= 0.3 is 0 Å². The fraction of sp³-hybridized carbons (Fsp3) is 0.500. The summed E-state index contributed by atoms with van der Waals surface area (Å²) in [6.45, 7) is 10.4. The third-order valence-corrected chi connectivity index (χ3v) is 1.96. The second-order valence-corrected chi connectivity index (χ2v) is 2.93. The second-order valence-electron chi connectivity index (χ2n) is 2.93. The molecular formula is C12H20. The Labute approximate surface area is 76.7 Å². The Hall–Kier alpha value is -0.780. The van der Waals surface area contributed by atoms with E-state index in [1.54, 1.807) is 0 Å². The van der Waals surface area contributed by atoms with Crippen LogP contribution in [0.2, 0.25) is 0 Å². The Morgan fingerprint density at radius 2 is 1.83 bits per heavy atom. The molecule has 0 atom stereocenters. The molecule has 0 bridgehead atoms. The highest BCUT2D eigenvalue weighted by Crippen LogP contribution is 2.10. The number of hydrogen-bond donors (Lipinski definition) is 0. The van der Waals surface area contributed by atoms with Crippen LogP contribution in [0.25, 0.3) is 0 Å². The maximum atomic E-state index is 3.95. The molecule has 0 saturated carbocycles. The quantitative estimate of drug-likeness (QED) is 0.421. The molecule has 0 rings (SSSR count). The van der Waals surface area contributed by atoms with Gasteiger partial charge in [-0.15, -0.1) is 0 Å². The zero-order valence-corrected chi connectivity index (χ0v) is 8.56. The monoisotopic (exact) mass is 164 g/mol. The molecule has 0 nitrogen and oxygen atoms in total. The van der Waals surface area contributed by atoms with E-state index in [1.165, 1.54) is 24.0 Å². The predicted molar refractivity (Wildman–Crippen MR) is 57.2 cm³/mol. The van der Waals surface area contributed by atoms with Gasteiger partial charge in [0.2, 0.25) is 0 Å². The van der Waals surface area contributed by atoms with Crippen molar-refractivity contribution in [3.8, 4) is 0 Å². The minimum atomic E-state index is 1.00. The van der Waals surface area contributed by atoms with E-state index in [1.807, 2.05) is 13.0 Å². The topological polar surface area (TPSA) is 0 Å². The van der Waals surface area contributed by atoms with Gasteiger partial charge in [-0.05, 0) is 26.2 Å². The largest absolute Gasteiger partial charge is 0.0955 e. The van der Waals surface area contributed by atoms with Crippen molar-refractivity contribution in [1.29, 1.82) is 0 Å². The smallest absolute Gasteiger partial charge is 0.0101 e. The van der Waals surface area contributed by atoms with Crippen LogP contribution in [0, 0.1) is 0 Å². The molecule has 0 aliphatic carbocycles. The minimum Gasteiger partial charge on any atom is -0.0955 e. The molecule has 0 aromatic carbocycles. The molecule has 0 N–H and O–H groups in total. The summed E-state index contributed by atoms with van der Waals surface area (Å²) in [7, 11) is 0. The van der Waals surface area contributed by atoms with Crippen LogP contribution in [0.1, 0.15) is 40.0 Å². The van der Waals surface area contributed by atoms with Crippen molar-refractivity contribution in [2.24, 2.45) is 0 Å². The van der Waals surface area contributed by atoms with Crippen LogP contribution < -0.4 is 0 Å². The third kappa shape index (κ3) is 4.95. The lowest BCUT2D eigenvalue weighted by Crippen LogP contribution is -1.79. The van der Waals surface area contributed by atoms with E-state index < -0.39 is 0 Å². The Balaban J connectivity index is 3.92. The Kier molecular flexibility index (Phi) is 6.45. The first-order valence-electron chi connectivity index (χ1n) is 4.72. The summed E-state index contributed by atoms with van der Waals surface area (Å²) in [5.41, 5.74) is 2.72. The first-order valence-corrected chi connectivity index (χ1v) is 4.72. The lowest BCUT2D eigenvalue weighted by atomic mass is 10.1. The Morgan fingerprint density at radius 1 is 1.25 bits per heavy atom. The predicted octanol–water partition coefficient (Wildman–Crippen LogP) is 4.26. The van der Waals surface area contributed by atoms with E-state index in [9.17, 15) is 0 Å². The first kappa shape index (κ1) is 11.2. The molecule has 0 heteroatoms. The van der Waals surface area contributed by atoms with Gasteiger partial charge in [-0.25, -0.2) is 0 Å². The van der Waals surface area contributed by atoms with Gasteiger partial charge in [-0.3, -0.25) is 0 Å². The van der Waals surface area contributed by atoms with Crippen LogP contribution in [0.4, 0.5) is 0 Å². The molecule has 0 aromatic heterocycles. The van der Waals surface area contributed by atoms with Crippen molar-refractivity contribution in [1.82, 2.24) is 0 Å². The van der Waals surface area contributed by atoms with Gasteiger partial charge < -0.3 is 0 Å². The fourth-order valence-corrected chi connectivity index (χ4v) is 1.12. The maximum Gasteiger partial charge on any atom is -0.0101 e. The van der Waals surface area contributed by atoms with Crippen molar-refractivity contribution in [3.63, 3.8) is 0 Å². The zero-order valence-electron chi connectivity index (χ0n) is 8.56. The van der Waals surface area contributed by atoms with Crippen molar-refractivity contribution in [2.75, 3.05) is 0 Å². The lowest BCUT2D eigenvalue weighted by molar-refractivity contribution is 0.961. The number of allylic oxidation sites excluding steroid dienone is 5. The van der Waals surface area contributed by atoms with Gasteiger partial charge in [-0.2, -0.15) is 0 Å². The highest BCUT2D eigenvalue weighted by molar-refractivity contribution is 5.18. The maximum absolute atomic E-state index is 3.95. The van der Waals surface area contributed by atoms with Crippen LogP contribution in [0.3, 0.4) is 0 Å². The summed E-state index contributed by atoms with van der Waals surface area (Å²) >= 11 is 0. The average molecular weight is 164 g/mol. The molecule has 0 aromatic rings. The Morgan fingerprint density at radius 3 is 2.25 bits per heavy atom. The average Bonchev–Trinajstić information content (AvgIpc) is 2.07. The summed E-state index contributed by atoms with van der Waals surface area (Å²) in [4.78, 5) is 0. The van der Waals surface area contributed by atoms with Crippen molar-refractivity contribution in [2.45, 2.75) is 40.0 Å². The summed E-state index contributed by atoms with van der Waals surface area (Å²) in [6.07, 6.45) is 9.73. The van der Waals surface area contributed by atoms with Gasteiger partial charge in [0.15, 0.2) is 0 Å². The summed E-state index contributed by atoms with van der Waals surface area (Å²) in [6, 6.07) is 0. The Bertz CT molecular complexity index is 176. The molecule has 0 aliphatic rings. The molecule has 0 radical (unpaired) electrons. The fourth-order valence-electron chi connectivity index (χ4n) is 1.12. The molecule has 0 spiro atoms. The number of hydrogen-bond acceptors (Lipinski definition) is 0. The van der Waals surface area contributed by atoms with Crippen LogP contribution in [-0.2, 0) is 0 Å². The number of rotatable bonds is 5. The van der Waals surface area contributed by atoms with Gasteiger partial charge in [0, 0.05) is 0 Å². The molecule has 0 saturated heterocycles. The summed E-state index contributed by atoms with van der Waals surface area (Å²) in [5, 5.41) is 0. The molecule has 0 unspecified atom stereocenters. The highest BCUT2D eigenvalue weighted by atomic mass is 14.0. The minimum absolute atomic E-state index is 1.00. The van der Waals surface area contributed by atoms with Crippen LogP contribution in [0.15, 0.2) is 36.0 Å². The van der Waals surface area contributed by atoms with Gasteiger partial charge in [0.05, 0.1) is 0 Å².